The van der Waals surface area contributed by atoms with Crippen molar-refractivity contribution in [3.8, 4) is 0 Å². The van der Waals surface area contributed by atoms with Gasteiger partial charge in [-0.1, -0.05) is 0 Å². The smallest absolute Gasteiger partial charge is 0.304 e. The third-order valence-corrected chi connectivity index (χ3v) is 3.70. The third kappa shape index (κ3) is 2.36. The number of carbonyl (C=O) groups is 1. The first-order valence-electron chi connectivity index (χ1n) is 6.32. The molecule has 20 heavy (non-hydrogen) atoms. The van der Waals surface area contributed by atoms with E-state index in [9.17, 15) is 10.0 Å². The number of carboxylic acids is 1. The fraction of sp³-hybridized carbons (Fsp3) is 0.357. The van der Waals surface area contributed by atoms with Crippen LogP contribution < -0.4 is 4.57 Å². The Hall–Kier alpha value is -2.37. The highest BCUT2D eigenvalue weighted by atomic mass is 16.5. The number of hydrogen-bond donors (Lipinski definition) is 2. The molecule has 106 valence electrons. The van der Waals surface area contributed by atoms with Gasteiger partial charge in [-0.2, -0.15) is 0 Å². The normalized spacial score (nSPS) is 12.3. The largest absolute Gasteiger partial charge is 0.481 e. The van der Waals surface area contributed by atoms with Crippen molar-refractivity contribution in [3.05, 3.63) is 47.3 Å². The molecule has 0 amide bonds. The molecule has 6 heteroatoms. The maximum Gasteiger partial charge on any atom is 0.304 e. The molecule has 0 saturated heterocycles. The Balaban J connectivity index is 2.59. The van der Waals surface area contributed by atoms with Crippen LogP contribution >= 0.6 is 0 Å². The monoisotopic (exact) mass is 276 g/mol. The number of rotatable bonds is 4. The van der Waals surface area contributed by atoms with Crippen LogP contribution in [0.25, 0.3) is 0 Å². The number of nitrogens with zero attached hydrogens (tertiary/aromatic N) is 3. The molecule has 6 nitrogen and oxygen atoms in total. The predicted molar refractivity (Wildman–Crippen MR) is 70.6 cm³/mol. The zero-order valence-electron chi connectivity index (χ0n) is 11.7. The fourth-order valence-corrected chi connectivity index (χ4v) is 2.39. The summed E-state index contributed by atoms with van der Waals surface area (Å²) >= 11 is 0. The Labute approximate surface area is 116 Å². The quantitative estimate of drug-likeness (QED) is 0.649. The summed E-state index contributed by atoms with van der Waals surface area (Å²) in [6.45, 7) is 3.68. The molecule has 0 aliphatic carbocycles. The highest BCUT2D eigenvalue weighted by molar-refractivity contribution is 5.68. The summed E-state index contributed by atoms with van der Waals surface area (Å²) in [6.07, 6.45) is 3.14. The van der Waals surface area contributed by atoms with Crippen LogP contribution in [0, 0.1) is 13.8 Å². The zero-order valence-corrected chi connectivity index (χ0v) is 11.7. The number of hydrogen-bond acceptors (Lipinski definition) is 3. The van der Waals surface area contributed by atoms with Crippen LogP contribution in [-0.4, -0.2) is 26.0 Å². The Morgan fingerprint density at radius 1 is 1.40 bits per heavy atom. The van der Waals surface area contributed by atoms with Gasteiger partial charge in [0.1, 0.15) is 5.69 Å². The van der Waals surface area contributed by atoms with Gasteiger partial charge in [0, 0.05) is 26.2 Å². The third-order valence-electron chi connectivity index (χ3n) is 3.70. The molecule has 2 aromatic heterocycles. The van der Waals surface area contributed by atoms with E-state index < -0.39 is 11.9 Å². The van der Waals surface area contributed by atoms with E-state index in [1.165, 1.54) is 0 Å². The number of carboxylic acid groups (broad SMARTS) is 1. The molecule has 0 unspecified atom stereocenters. The van der Waals surface area contributed by atoms with Crippen LogP contribution in [0.3, 0.4) is 0 Å². The van der Waals surface area contributed by atoms with Gasteiger partial charge in [0.15, 0.2) is 5.69 Å². The maximum atomic E-state index is 11.2. The molecule has 0 aliphatic heterocycles. The summed E-state index contributed by atoms with van der Waals surface area (Å²) in [6, 6.07) is 3.54. The number of pyridine rings is 1. The second-order valence-corrected chi connectivity index (χ2v) is 4.83. The van der Waals surface area contributed by atoms with Crippen LogP contribution in [0.1, 0.15) is 35.1 Å². The van der Waals surface area contributed by atoms with Crippen molar-refractivity contribution in [2.45, 2.75) is 26.2 Å². The van der Waals surface area contributed by atoms with Gasteiger partial charge in [0.25, 0.3) is 0 Å². The number of aliphatic carboxylic acids is 1. The molecular formula is C14H18N3O3+. The van der Waals surface area contributed by atoms with E-state index in [1.807, 2.05) is 18.5 Å². The lowest BCUT2D eigenvalue weighted by Gasteiger charge is -2.11. The second-order valence-electron chi connectivity index (χ2n) is 4.83. The molecule has 2 heterocycles. The van der Waals surface area contributed by atoms with Crippen molar-refractivity contribution in [2.75, 3.05) is 0 Å². The summed E-state index contributed by atoms with van der Waals surface area (Å²) in [7, 11) is 1.82. The predicted octanol–water partition coefficient (Wildman–Crippen LogP) is 1.17. The van der Waals surface area contributed by atoms with Crippen LogP contribution in [0.5, 0.6) is 0 Å². The first-order chi connectivity index (χ1) is 9.43. The molecule has 0 bridgehead atoms. The first kappa shape index (κ1) is 14.0. The van der Waals surface area contributed by atoms with E-state index in [0.717, 1.165) is 16.0 Å². The SMILES string of the molecule is Cc1c(C)[n+](C)c([C@H](CC(=O)O)c2ccncc2)n1O. The number of aromatic nitrogens is 3. The first-order valence-corrected chi connectivity index (χ1v) is 6.32. The minimum atomic E-state index is -0.914. The van der Waals surface area contributed by atoms with Gasteiger partial charge in [-0.25, -0.2) is 4.57 Å². The average molecular weight is 276 g/mol. The number of imidazole rings is 1. The van der Waals surface area contributed by atoms with E-state index in [4.69, 9.17) is 5.11 Å². The Morgan fingerprint density at radius 2 is 2.00 bits per heavy atom. The molecule has 2 rings (SSSR count). The summed E-state index contributed by atoms with van der Waals surface area (Å²) < 4.78 is 2.90. The van der Waals surface area contributed by atoms with E-state index in [2.05, 4.69) is 4.98 Å². The lowest BCUT2D eigenvalue weighted by molar-refractivity contribution is -0.686. The average Bonchev–Trinajstić information content (AvgIpc) is 2.62. The molecule has 1 atom stereocenters. The highest BCUT2D eigenvalue weighted by Crippen LogP contribution is 2.26. The van der Waals surface area contributed by atoms with Gasteiger partial charge in [-0.3, -0.25) is 9.78 Å². The van der Waals surface area contributed by atoms with Crippen LogP contribution in [0.4, 0.5) is 0 Å². The van der Waals surface area contributed by atoms with Gasteiger partial charge in [-0.15, -0.1) is 0 Å². The minimum Gasteiger partial charge on any atom is -0.481 e. The molecule has 0 radical (unpaired) electrons. The van der Waals surface area contributed by atoms with Crippen molar-refractivity contribution in [2.24, 2.45) is 7.05 Å². The van der Waals surface area contributed by atoms with Gasteiger partial charge in [-0.05, 0) is 22.4 Å². The zero-order chi connectivity index (χ0) is 14.9. The highest BCUT2D eigenvalue weighted by Gasteiger charge is 2.33. The van der Waals surface area contributed by atoms with E-state index >= 15 is 0 Å². The molecule has 0 aromatic carbocycles. The van der Waals surface area contributed by atoms with Crippen LogP contribution in [0.2, 0.25) is 0 Å². The van der Waals surface area contributed by atoms with Gasteiger partial charge < -0.3 is 10.3 Å². The summed E-state index contributed by atoms with van der Waals surface area (Å²) in [5, 5.41) is 19.4. The lowest BCUT2D eigenvalue weighted by atomic mass is 9.95. The summed E-state index contributed by atoms with van der Waals surface area (Å²) in [5.74, 6) is -0.796. The molecule has 0 aliphatic rings. The van der Waals surface area contributed by atoms with Crippen molar-refractivity contribution in [1.82, 2.24) is 9.71 Å². The second kappa shape index (κ2) is 5.32. The minimum absolute atomic E-state index is 0.0959. The van der Waals surface area contributed by atoms with E-state index in [-0.39, 0.29) is 6.42 Å². The molecule has 2 N–H and O–H groups in total. The van der Waals surface area contributed by atoms with Crippen molar-refractivity contribution in [3.63, 3.8) is 0 Å². The van der Waals surface area contributed by atoms with Crippen LogP contribution in [0.15, 0.2) is 24.5 Å². The Kier molecular flexibility index (Phi) is 3.74. The van der Waals surface area contributed by atoms with E-state index in [1.54, 1.807) is 31.5 Å². The topological polar surface area (TPSA) is 79.2 Å². The van der Waals surface area contributed by atoms with Crippen molar-refractivity contribution in [1.29, 1.82) is 0 Å². The summed E-state index contributed by atoms with van der Waals surface area (Å²) in [4.78, 5) is 15.1. The van der Waals surface area contributed by atoms with Gasteiger partial charge in [0.05, 0.1) is 19.4 Å². The maximum absolute atomic E-state index is 11.2. The van der Waals surface area contributed by atoms with Gasteiger partial charge in [0.2, 0.25) is 0 Å². The lowest BCUT2D eigenvalue weighted by Crippen LogP contribution is -2.37. The molecular weight excluding hydrogens is 258 g/mol. The van der Waals surface area contributed by atoms with Gasteiger partial charge >= 0.3 is 11.8 Å². The molecule has 0 fully saturated rings. The summed E-state index contributed by atoms with van der Waals surface area (Å²) in [5.41, 5.74) is 2.41. The Morgan fingerprint density at radius 3 is 2.45 bits per heavy atom. The van der Waals surface area contributed by atoms with Crippen molar-refractivity contribution >= 4 is 5.97 Å². The van der Waals surface area contributed by atoms with Crippen LogP contribution in [-0.2, 0) is 11.8 Å². The molecule has 0 spiro atoms. The van der Waals surface area contributed by atoms with Crippen molar-refractivity contribution < 1.29 is 19.7 Å². The van der Waals surface area contributed by atoms with E-state index in [0.29, 0.717) is 11.5 Å². The molecule has 2 aromatic rings. The fourth-order valence-electron chi connectivity index (χ4n) is 2.39. The Bertz CT molecular complexity index is 609. The molecule has 0 saturated carbocycles. The standard InChI is InChI=1S/C14H17N3O3/c1-9-10(2)17(20)14(16(9)3)12(8-13(18)19)11-4-6-15-7-5-11/h4-7,12H,8H2,1-3H3,(H-,18,19,20)/p+1/t12-/m1/s1.